The fourth-order valence-corrected chi connectivity index (χ4v) is 4.50. The van der Waals surface area contributed by atoms with Gasteiger partial charge in [0.1, 0.15) is 6.10 Å². The minimum atomic E-state index is -0.148. The highest BCUT2D eigenvalue weighted by Crippen LogP contribution is 2.34. The Labute approximate surface area is 195 Å². The van der Waals surface area contributed by atoms with E-state index in [9.17, 15) is 9.59 Å². The number of fused-ring (bicyclic) bond motifs is 1. The lowest BCUT2D eigenvalue weighted by molar-refractivity contribution is -0.149. The Morgan fingerprint density at radius 3 is 2.58 bits per heavy atom. The maximum atomic E-state index is 13.4. The standard InChI is InChI=1S/C27H32N2O4/c1-19-7-9-21(10-8-19)18-29-23-5-3-4-6-24(23)33-25(27(29)31)17-20-11-13-22(14-12-20)26(30)28-15-16-32-2/h7-14,17,23-24H,3-6,15-16,18H2,1-2H3,(H,28,30)/b25-17+. The maximum absolute atomic E-state index is 13.4. The molecular weight excluding hydrogens is 416 g/mol. The van der Waals surface area contributed by atoms with Gasteiger partial charge in [-0.15, -0.1) is 0 Å². The van der Waals surface area contributed by atoms with Crippen molar-refractivity contribution in [2.75, 3.05) is 20.3 Å². The second kappa shape index (κ2) is 10.7. The highest BCUT2D eigenvalue weighted by Gasteiger charge is 2.41. The Bertz CT molecular complexity index is 998. The van der Waals surface area contributed by atoms with Crippen LogP contribution in [0.4, 0.5) is 0 Å². The molecule has 6 nitrogen and oxygen atoms in total. The number of benzene rings is 2. The van der Waals surface area contributed by atoms with E-state index in [-0.39, 0.29) is 24.0 Å². The topological polar surface area (TPSA) is 67.9 Å². The molecule has 1 saturated heterocycles. The van der Waals surface area contributed by atoms with Crippen molar-refractivity contribution < 1.29 is 19.1 Å². The average Bonchev–Trinajstić information content (AvgIpc) is 2.83. The van der Waals surface area contributed by atoms with Crippen molar-refractivity contribution in [3.8, 4) is 0 Å². The molecule has 2 aliphatic rings. The number of nitrogens with zero attached hydrogens (tertiary/aromatic N) is 1. The summed E-state index contributed by atoms with van der Waals surface area (Å²) in [5.74, 6) is 0.160. The monoisotopic (exact) mass is 448 g/mol. The smallest absolute Gasteiger partial charge is 0.289 e. The van der Waals surface area contributed by atoms with Crippen molar-refractivity contribution in [1.82, 2.24) is 10.2 Å². The number of ether oxygens (including phenoxy) is 2. The van der Waals surface area contributed by atoms with Gasteiger partial charge in [0.05, 0.1) is 12.6 Å². The van der Waals surface area contributed by atoms with Gasteiger partial charge in [-0.25, -0.2) is 0 Å². The Balaban J connectivity index is 1.52. The molecule has 0 radical (unpaired) electrons. The van der Waals surface area contributed by atoms with Crippen molar-refractivity contribution in [1.29, 1.82) is 0 Å². The number of methoxy groups -OCH3 is 1. The normalized spacial score (nSPS) is 21.5. The SMILES string of the molecule is COCCNC(=O)c1ccc(/C=C2/OC3CCCCC3N(Cc3ccc(C)cc3)C2=O)cc1. The van der Waals surface area contributed by atoms with Crippen LogP contribution in [0.1, 0.15) is 52.7 Å². The predicted octanol–water partition coefficient (Wildman–Crippen LogP) is 4.08. The van der Waals surface area contributed by atoms with E-state index in [0.717, 1.165) is 36.8 Å². The highest BCUT2D eigenvalue weighted by atomic mass is 16.5. The van der Waals surface area contributed by atoms with Crippen LogP contribution in [-0.4, -0.2) is 49.1 Å². The summed E-state index contributed by atoms with van der Waals surface area (Å²) < 4.78 is 11.2. The van der Waals surface area contributed by atoms with E-state index in [4.69, 9.17) is 9.47 Å². The summed E-state index contributed by atoms with van der Waals surface area (Å²) in [6, 6.07) is 15.7. The molecule has 2 unspecified atom stereocenters. The Morgan fingerprint density at radius 1 is 1.12 bits per heavy atom. The number of aryl methyl sites for hydroxylation is 1. The third-order valence-corrected chi connectivity index (χ3v) is 6.35. The first-order valence-corrected chi connectivity index (χ1v) is 11.7. The first kappa shape index (κ1) is 23.1. The van der Waals surface area contributed by atoms with Gasteiger partial charge in [0, 0.05) is 25.8 Å². The van der Waals surface area contributed by atoms with Crippen molar-refractivity contribution >= 4 is 17.9 Å². The lowest BCUT2D eigenvalue weighted by atomic mass is 9.89. The fraction of sp³-hybridized carbons (Fsp3) is 0.407. The molecule has 2 amide bonds. The van der Waals surface area contributed by atoms with Gasteiger partial charge < -0.3 is 19.7 Å². The summed E-state index contributed by atoms with van der Waals surface area (Å²) in [6.45, 7) is 3.58. The van der Waals surface area contributed by atoms with Gasteiger partial charge in [-0.3, -0.25) is 9.59 Å². The molecule has 33 heavy (non-hydrogen) atoms. The Morgan fingerprint density at radius 2 is 1.85 bits per heavy atom. The zero-order valence-electron chi connectivity index (χ0n) is 19.4. The van der Waals surface area contributed by atoms with Gasteiger partial charge in [-0.1, -0.05) is 48.4 Å². The number of nitrogens with one attached hydrogen (secondary N) is 1. The third kappa shape index (κ3) is 5.63. The molecule has 0 aromatic heterocycles. The summed E-state index contributed by atoms with van der Waals surface area (Å²) in [6.07, 6.45) is 5.99. The summed E-state index contributed by atoms with van der Waals surface area (Å²) in [7, 11) is 1.60. The molecule has 2 atom stereocenters. The molecule has 2 aromatic rings. The molecule has 1 heterocycles. The van der Waals surface area contributed by atoms with E-state index in [0.29, 0.717) is 31.0 Å². The second-order valence-electron chi connectivity index (χ2n) is 8.81. The van der Waals surface area contributed by atoms with Gasteiger partial charge in [-0.2, -0.15) is 0 Å². The summed E-state index contributed by atoms with van der Waals surface area (Å²) in [5, 5.41) is 2.81. The fourth-order valence-electron chi connectivity index (χ4n) is 4.50. The highest BCUT2D eigenvalue weighted by molar-refractivity contribution is 5.97. The lowest BCUT2D eigenvalue weighted by Crippen LogP contribution is -2.54. The average molecular weight is 449 g/mol. The summed E-state index contributed by atoms with van der Waals surface area (Å²) in [5.41, 5.74) is 3.73. The Hall–Kier alpha value is -3.12. The molecule has 0 spiro atoms. The molecule has 174 valence electrons. The van der Waals surface area contributed by atoms with Gasteiger partial charge in [0.15, 0.2) is 5.76 Å². The van der Waals surface area contributed by atoms with Crippen LogP contribution < -0.4 is 5.32 Å². The molecule has 1 aliphatic heterocycles. The van der Waals surface area contributed by atoms with E-state index >= 15 is 0 Å². The summed E-state index contributed by atoms with van der Waals surface area (Å²) >= 11 is 0. The predicted molar refractivity (Wildman–Crippen MR) is 127 cm³/mol. The van der Waals surface area contributed by atoms with Crippen molar-refractivity contribution in [3.63, 3.8) is 0 Å². The van der Waals surface area contributed by atoms with Gasteiger partial charge in [-0.05, 0) is 55.5 Å². The first-order valence-electron chi connectivity index (χ1n) is 11.7. The van der Waals surface area contributed by atoms with Crippen molar-refractivity contribution in [2.45, 2.75) is 51.3 Å². The van der Waals surface area contributed by atoms with Crippen LogP contribution in [-0.2, 0) is 20.8 Å². The van der Waals surface area contributed by atoms with Gasteiger partial charge >= 0.3 is 0 Å². The van der Waals surface area contributed by atoms with Crippen LogP contribution in [0.5, 0.6) is 0 Å². The second-order valence-corrected chi connectivity index (χ2v) is 8.81. The number of rotatable bonds is 7. The van der Waals surface area contributed by atoms with E-state index < -0.39 is 0 Å². The molecule has 1 saturated carbocycles. The van der Waals surface area contributed by atoms with Crippen molar-refractivity contribution in [3.05, 3.63) is 76.5 Å². The number of morpholine rings is 1. The Kier molecular flexibility index (Phi) is 7.45. The van der Waals surface area contributed by atoms with Crippen LogP contribution >= 0.6 is 0 Å². The number of hydrogen-bond donors (Lipinski definition) is 1. The molecule has 1 N–H and O–H groups in total. The number of amides is 2. The zero-order valence-corrected chi connectivity index (χ0v) is 19.4. The number of carbonyl (C=O) groups is 2. The van der Waals surface area contributed by atoms with Crippen LogP contribution in [0, 0.1) is 6.92 Å². The van der Waals surface area contributed by atoms with E-state index in [2.05, 4.69) is 36.5 Å². The third-order valence-electron chi connectivity index (χ3n) is 6.35. The number of carbonyl (C=O) groups excluding carboxylic acids is 2. The molecule has 2 aromatic carbocycles. The molecule has 2 fully saturated rings. The molecule has 0 bridgehead atoms. The van der Waals surface area contributed by atoms with Crippen LogP contribution in [0.2, 0.25) is 0 Å². The molecular formula is C27H32N2O4. The lowest BCUT2D eigenvalue weighted by Gasteiger charge is -2.44. The van der Waals surface area contributed by atoms with Gasteiger partial charge in [0.25, 0.3) is 11.8 Å². The molecule has 4 rings (SSSR count). The minimum absolute atomic E-state index is 0.0268. The van der Waals surface area contributed by atoms with E-state index in [1.807, 2.05) is 17.0 Å². The maximum Gasteiger partial charge on any atom is 0.289 e. The summed E-state index contributed by atoms with van der Waals surface area (Å²) in [4.78, 5) is 27.6. The van der Waals surface area contributed by atoms with Gasteiger partial charge in [0.2, 0.25) is 0 Å². The number of hydrogen-bond acceptors (Lipinski definition) is 4. The van der Waals surface area contributed by atoms with Crippen LogP contribution in [0.3, 0.4) is 0 Å². The van der Waals surface area contributed by atoms with E-state index in [1.54, 1.807) is 25.3 Å². The van der Waals surface area contributed by atoms with Crippen molar-refractivity contribution in [2.24, 2.45) is 0 Å². The largest absolute Gasteiger partial charge is 0.482 e. The molecule has 6 heteroatoms. The minimum Gasteiger partial charge on any atom is -0.482 e. The van der Waals surface area contributed by atoms with E-state index in [1.165, 1.54) is 5.56 Å². The zero-order chi connectivity index (χ0) is 23.2. The quantitative estimate of drug-likeness (QED) is 0.512. The first-order chi connectivity index (χ1) is 16.0. The van der Waals surface area contributed by atoms with Crippen LogP contribution in [0.15, 0.2) is 54.3 Å². The van der Waals surface area contributed by atoms with Crippen LogP contribution in [0.25, 0.3) is 6.08 Å². The molecule has 1 aliphatic carbocycles.